The lowest BCUT2D eigenvalue weighted by molar-refractivity contribution is -0.132. The molecule has 0 aliphatic carbocycles. The number of amides is 1. The van der Waals surface area contributed by atoms with Crippen molar-refractivity contribution in [2.45, 2.75) is 38.3 Å². The molecule has 10 heteroatoms. The summed E-state index contributed by atoms with van der Waals surface area (Å²) in [6.45, 7) is 3.78. The fourth-order valence-electron chi connectivity index (χ4n) is 4.13. The van der Waals surface area contributed by atoms with Crippen LogP contribution in [0.5, 0.6) is 0 Å². The third-order valence-electron chi connectivity index (χ3n) is 5.99. The van der Waals surface area contributed by atoms with Gasteiger partial charge in [0.1, 0.15) is 12.1 Å². The van der Waals surface area contributed by atoms with Gasteiger partial charge >= 0.3 is 0 Å². The van der Waals surface area contributed by atoms with Gasteiger partial charge in [-0.05, 0) is 55.6 Å². The lowest BCUT2D eigenvalue weighted by Gasteiger charge is -2.23. The summed E-state index contributed by atoms with van der Waals surface area (Å²) in [5.41, 5.74) is 7.74. The van der Waals surface area contributed by atoms with Gasteiger partial charge in [0.2, 0.25) is 5.91 Å². The smallest absolute Gasteiger partial charge is 0.224 e. The van der Waals surface area contributed by atoms with E-state index in [9.17, 15) is 22.8 Å². The molecule has 1 saturated heterocycles. The number of benzene rings is 2. The van der Waals surface area contributed by atoms with E-state index in [4.69, 9.17) is 5.73 Å². The topological polar surface area (TPSA) is 91.0 Å². The second-order valence-electron chi connectivity index (χ2n) is 8.77. The van der Waals surface area contributed by atoms with E-state index in [0.717, 1.165) is 17.3 Å². The Kier molecular flexibility index (Phi) is 10.4. The van der Waals surface area contributed by atoms with Crippen molar-refractivity contribution in [3.05, 3.63) is 65.0 Å². The number of nitrogens with two attached hydrogens (primary N) is 1. The van der Waals surface area contributed by atoms with E-state index in [-0.39, 0.29) is 30.9 Å². The number of carbonyl (C=O) groups is 2. The summed E-state index contributed by atoms with van der Waals surface area (Å²) in [6, 6.07) is 8.05. The van der Waals surface area contributed by atoms with Crippen LogP contribution in [0.15, 0.2) is 41.4 Å². The number of aldehydes is 1. The molecule has 7 nitrogen and oxygen atoms in total. The highest BCUT2D eigenvalue weighted by molar-refractivity contribution is 5.83. The average molecular weight is 504 g/mol. The maximum atomic E-state index is 13.9. The van der Waals surface area contributed by atoms with E-state index in [1.165, 1.54) is 25.9 Å². The van der Waals surface area contributed by atoms with E-state index in [1.807, 2.05) is 29.2 Å². The molecule has 2 heterocycles. The number of rotatable bonds is 7. The Morgan fingerprint density at radius 2 is 1.81 bits per heavy atom. The Labute approximate surface area is 209 Å². The van der Waals surface area contributed by atoms with Gasteiger partial charge in [-0.3, -0.25) is 9.79 Å². The van der Waals surface area contributed by atoms with Crippen molar-refractivity contribution in [3.8, 4) is 0 Å². The van der Waals surface area contributed by atoms with Crippen LogP contribution in [0.2, 0.25) is 0 Å². The number of nitrogens with zero attached hydrogens (tertiary/aromatic N) is 3. The number of anilines is 1. The highest BCUT2D eigenvalue weighted by Gasteiger charge is 2.24. The molecule has 2 aliphatic heterocycles. The minimum absolute atomic E-state index is 0.0523. The van der Waals surface area contributed by atoms with Crippen LogP contribution >= 0.6 is 0 Å². The number of nitrogens with one attached hydrogen (secondary N) is 1. The van der Waals surface area contributed by atoms with Crippen LogP contribution in [-0.2, 0) is 22.6 Å². The molecule has 0 saturated carbocycles. The number of carbonyl (C=O) groups excluding carboxylic acids is 2. The Morgan fingerprint density at radius 1 is 1.08 bits per heavy atom. The second-order valence-corrected chi connectivity index (χ2v) is 8.77. The second kappa shape index (κ2) is 13.7. The normalized spacial score (nSPS) is 16.2. The Bertz CT molecular complexity index is 1050. The maximum absolute atomic E-state index is 13.9. The minimum atomic E-state index is -1.27. The summed E-state index contributed by atoms with van der Waals surface area (Å²) >= 11 is 0. The predicted molar refractivity (Wildman–Crippen MR) is 133 cm³/mol. The number of hydrogen-bond donors (Lipinski definition) is 2. The zero-order valence-corrected chi connectivity index (χ0v) is 20.1. The fraction of sp³-hybridized carbons (Fsp3) is 0.423. The van der Waals surface area contributed by atoms with Crippen LogP contribution in [0.4, 0.5) is 18.9 Å². The lowest BCUT2D eigenvalue weighted by atomic mass is 10.0. The van der Waals surface area contributed by atoms with Gasteiger partial charge in [-0.1, -0.05) is 18.2 Å². The molecule has 0 aromatic heterocycles. The molecule has 2 aromatic rings. The van der Waals surface area contributed by atoms with Gasteiger partial charge in [0.05, 0.1) is 12.9 Å². The highest BCUT2D eigenvalue weighted by Crippen LogP contribution is 2.25. The van der Waals surface area contributed by atoms with Crippen molar-refractivity contribution < 1.29 is 22.8 Å². The van der Waals surface area contributed by atoms with Gasteiger partial charge < -0.3 is 25.6 Å². The van der Waals surface area contributed by atoms with Gasteiger partial charge in [-0.2, -0.15) is 0 Å². The van der Waals surface area contributed by atoms with Crippen molar-refractivity contribution in [3.63, 3.8) is 0 Å². The summed E-state index contributed by atoms with van der Waals surface area (Å²) < 4.78 is 40.4. The Balaban J connectivity index is 0.000000642. The van der Waals surface area contributed by atoms with Crippen molar-refractivity contribution in [2.24, 2.45) is 10.7 Å². The van der Waals surface area contributed by atoms with E-state index in [1.54, 1.807) is 11.2 Å². The minimum Gasteiger partial charge on any atom is -0.336 e. The molecule has 0 radical (unpaired) electrons. The lowest BCUT2D eigenvalue weighted by Crippen LogP contribution is -2.38. The molecule has 1 atom stereocenters. The average Bonchev–Trinajstić information content (AvgIpc) is 3.39. The molecule has 2 aromatic carbocycles. The molecule has 36 heavy (non-hydrogen) atoms. The van der Waals surface area contributed by atoms with Crippen LogP contribution < -0.4 is 16.0 Å². The van der Waals surface area contributed by atoms with Gasteiger partial charge in [0.15, 0.2) is 11.6 Å². The fourth-order valence-corrected chi connectivity index (χ4v) is 4.13. The van der Waals surface area contributed by atoms with Crippen LogP contribution in [0.25, 0.3) is 0 Å². The Morgan fingerprint density at radius 3 is 2.50 bits per heavy atom. The van der Waals surface area contributed by atoms with Crippen molar-refractivity contribution in [2.75, 3.05) is 37.6 Å². The Hall–Kier alpha value is -3.24. The number of aliphatic imine (C=N–C) groups is 1. The molecule has 2 aliphatic rings. The van der Waals surface area contributed by atoms with Crippen LogP contribution in [0.3, 0.4) is 0 Å². The zero-order valence-electron chi connectivity index (χ0n) is 20.1. The molecule has 194 valence electrons. The van der Waals surface area contributed by atoms with Crippen LogP contribution in [0.1, 0.15) is 30.4 Å². The summed E-state index contributed by atoms with van der Waals surface area (Å²) in [4.78, 5) is 31.0. The first-order valence-electron chi connectivity index (χ1n) is 12.0. The summed E-state index contributed by atoms with van der Waals surface area (Å²) in [6.07, 6.45) is 4.90. The molecule has 4 rings (SSSR count). The van der Waals surface area contributed by atoms with Crippen molar-refractivity contribution in [1.29, 1.82) is 0 Å². The molecular formula is C26H32F3N5O2. The molecule has 1 amide bonds. The SMILES string of the molecule is C1CCNC1.NC(CC(=O)N1CCN(C=NCC=O)c2ccccc2C1)Cc1cc(F)c(F)cc1F. The first-order valence-corrected chi connectivity index (χ1v) is 12.0. The number of hydrogen-bond acceptors (Lipinski definition) is 5. The number of para-hydroxylation sites is 1. The third-order valence-corrected chi connectivity index (χ3v) is 5.99. The maximum Gasteiger partial charge on any atom is 0.224 e. The van der Waals surface area contributed by atoms with E-state index in [0.29, 0.717) is 32.0 Å². The first kappa shape index (κ1) is 27.3. The summed E-state index contributed by atoms with van der Waals surface area (Å²) in [5, 5.41) is 3.22. The third kappa shape index (κ3) is 7.89. The van der Waals surface area contributed by atoms with Gasteiger partial charge in [0.25, 0.3) is 0 Å². The van der Waals surface area contributed by atoms with Crippen LogP contribution in [0, 0.1) is 17.5 Å². The van der Waals surface area contributed by atoms with Gasteiger partial charge in [0, 0.05) is 43.9 Å². The van der Waals surface area contributed by atoms with Crippen molar-refractivity contribution >= 4 is 24.2 Å². The first-order chi connectivity index (χ1) is 17.4. The molecule has 1 unspecified atom stereocenters. The highest BCUT2D eigenvalue weighted by atomic mass is 19.2. The quantitative estimate of drug-likeness (QED) is 0.263. The predicted octanol–water partition coefficient (Wildman–Crippen LogP) is 2.81. The molecule has 0 spiro atoms. The van der Waals surface area contributed by atoms with E-state index >= 15 is 0 Å². The molecule has 3 N–H and O–H groups in total. The van der Waals surface area contributed by atoms with Gasteiger partial charge in [-0.25, -0.2) is 13.2 Å². The molecule has 1 fully saturated rings. The molecule has 0 bridgehead atoms. The zero-order chi connectivity index (χ0) is 25.9. The summed E-state index contributed by atoms with van der Waals surface area (Å²) in [7, 11) is 0. The number of fused-ring (bicyclic) bond motifs is 1. The monoisotopic (exact) mass is 503 g/mol. The standard InChI is InChI=1S/C22H23F3N4O2.C4H9N/c23-18-12-20(25)19(24)10-16(18)9-17(26)11-22(31)28-6-7-29(14-27-5-8-30)21-4-2-1-3-15(21)13-28;1-2-4-5-3-1/h1-4,8,10,12,14,17H,5-7,9,11,13,26H2;5H,1-4H2. The van der Waals surface area contributed by atoms with Crippen LogP contribution in [-0.4, -0.2) is 62.2 Å². The van der Waals surface area contributed by atoms with E-state index < -0.39 is 23.5 Å². The largest absolute Gasteiger partial charge is 0.336 e. The number of halogens is 3. The van der Waals surface area contributed by atoms with Gasteiger partial charge in [-0.15, -0.1) is 0 Å². The van der Waals surface area contributed by atoms with E-state index in [2.05, 4.69) is 10.3 Å². The summed E-state index contributed by atoms with van der Waals surface area (Å²) in [5.74, 6) is -3.54. The molecular weight excluding hydrogens is 471 g/mol. The van der Waals surface area contributed by atoms with Crippen molar-refractivity contribution in [1.82, 2.24) is 10.2 Å².